The van der Waals surface area contributed by atoms with E-state index < -0.39 is 0 Å². The monoisotopic (exact) mass is 246 g/mol. The molecule has 2 aliphatic rings. The van der Waals surface area contributed by atoms with Crippen molar-refractivity contribution in [2.45, 2.75) is 19.3 Å². The van der Waals surface area contributed by atoms with E-state index in [9.17, 15) is 4.79 Å². The molecule has 96 valence electrons. The van der Waals surface area contributed by atoms with E-state index in [0.717, 1.165) is 24.4 Å². The lowest BCUT2D eigenvalue weighted by molar-refractivity contribution is -0.121. The van der Waals surface area contributed by atoms with Crippen LogP contribution in [0.3, 0.4) is 0 Å². The van der Waals surface area contributed by atoms with Gasteiger partial charge in [0.2, 0.25) is 0 Å². The Morgan fingerprint density at radius 3 is 2.83 bits per heavy atom. The number of carbonyl (C=O) groups is 1. The van der Waals surface area contributed by atoms with Crippen LogP contribution in [0.2, 0.25) is 0 Å². The number of amides is 1. The largest absolute Gasteiger partial charge is 0.482 e. The van der Waals surface area contributed by atoms with E-state index in [4.69, 9.17) is 10.5 Å². The Bertz CT molecular complexity index is 469. The van der Waals surface area contributed by atoms with Crippen molar-refractivity contribution < 1.29 is 9.53 Å². The fourth-order valence-electron chi connectivity index (χ4n) is 2.63. The predicted octanol–water partition coefficient (Wildman–Crippen LogP) is 1.54. The third-order valence-corrected chi connectivity index (χ3v) is 3.93. The number of carbonyl (C=O) groups excluding carboxylic acids is 1. The number of ether oxygens (including phenoxy) is 1. The number of hydrogen-bond acceptors (Lipinski definition) is 3. The van der Waals surface area contributed by atoms with Crippen LogP contribution in [0.5, 0.6) is 5.75 Å². The Kier molecular flexibility index (Phi) is 2.74. The standard InChI is InChI=1S/C14H18N2O2/c15-8-7-14(5-6-14)10-16-11-3-1-2-4-12(11)18-9-13(16)17/h1-4H,5-10,15H2. The molecule has 0 spiro atoms. The molecule has 0 saturated heterocycles. The van der Waals surface area contributed by atoms with Crippen LogP contribution >= 0.6 is 0 Å². The van der Waals surface area contributed by atoms with Gasteiger partial charge in [0.05, 0.1) is 5.69 Å². The zero-order valence-corrected chi connectivity index (χ0v) is 10.4. The molecule has 0 radical (unpaired) electrons. The highest BCUT2D eigenvalue weighted by Crippen LogP contribution is 2.50. The minimum absolute atomic E-state index is 0.0528. The number of rotatable bonds is 4. The van der Waals surface area contributed by atoms with Gasteiger partial charge in [-0.3, -0.25) is 4.79 Å². The van der Waals surface area contributed by atoms with Crippen molar-refractivity contribution in [1.29, 1.82) is 0 Å². The number of fused-ring (bicyclic) bond motifs is 1. The number of nitrogens with zero attached hydrogens (tertiary/aromatic N) is 1. The van der Waals surface area contributed by atoms with E-state index in [1.54, 1.807) is 0 Å². The summed E-state index contributed by atoms with van der Waals surface area (Å²) >= 11 is 0. The van der Waals surface area contributed by atoms with Gasteiger partial charge in [0, 0.05) is 6.54 Å². The molecule has 1 amide bonds. The summed E-state index contributed by atoms with van der Waals surface area (Å²) in [6.07, 6.45) is 3.35. The fraction of sp³-hybridized carbons (Fsp3) is 0.500. The van der Waals surface area contributed by atoms with Gasteiger partial charge in [0.25, 0.3) is 5.91 Å². The zero-order chi connectivity index (χ0) is 12.6. The number of benzene rings is 1. The molecule has 0 aromatic heterocycles. The van der Waals surface area contributed by atoms with Crippen LogP contribution < -0.4 is 15.4 Å². The average Bonchev–Trinajstić information content (AvgIpc) is 3.14. The molecule has 4 heteroatoms. The Morgan fingerprint density at radius 1 is 1.33 bits per heavy atom. The molecule has 1 fully saturated rings. The molecule has 1 aliphatic carbocycles. The van der Waals surface area contributed by atoms with E-state index in [-0.39, 0.29) is 17.9 Å². The van der Waals surface area contributed by atoms with Gasteiger partial charge in [-0.05, 0) is 43.4 Å². The third kappa shape index (κ3) is 1.97. The lowest BCUT2D eigenvalue weighted by Gasteiger charge is -2.32. The molecule has 2 N–H and O–H groups in total. The van der Waals surface area contributed by atoms with Gasteiger partial charge in [-0.15, -0.1) is 0 Å². The molecule has 1 aliphatic heterocycles. The second-order valence-electron chi connectivity index (χ2n) is 5.27. The lowest BCUT2D eigenvalue weighted by atomic mass is 10.0. The van der Waals surface area contributed by atoms with Gasteiger partial charge in [-0.25, -0.2) is 0 Å². The molecule has 4 nitrogen and oxygen atoms in total. The summed E-state index contributed by atoms with van der Waals surface area (Å²) in [6, 6.07) is 7.73. The molecular weight excluding hydrogens is 228 g/mol. The second-order valence-corrected chi connectivity index (χ2v) is 5.27. The quantitative estimate of drug-likeness (QED) is 0.876. The molecular formula is C14H18N2O2. The van der Waals surface area contributed by atoms with Crippen LogP contribution in [0.1, 0.15) is 19.3 Å². The first-order chi connectivity index (χ1) is 8.74. The predicted molar refractivity (Wildman–Crippen MR) is 69.6 cm³/mol. The highest BCUT2D eigenvalue weighted by atomic mass is 16.5. The maximum absolute atomic E-state index is 12.0. The summed E-state index contributed by atoms with van der Waals surface area (Å²) < 4.78 is 5.44. The summed E-state index contributed by atoms with van der Waals surface area (Å²) in [6.45, 7) is 1.62. The lowest BCUT2D eigenvalue weighted by Crippen LogP contribution is -2.42. The highest BCUT2D eigenvalue weighted by molar-refractivity contribution is 5.97. The van der Waals surface area contributed by atoms with Crippen LogP contribution in [-0.4, -0.2) is 25.6 Å². The smallest absolute Gasteiger partial charge is 0.265 e. The highest BCUT2D eigenvalue weighted by Gasteiger charge is 2.45. The Balaban J connectivity index is 1.85. The zero-order valence-electron chi connectivity index (χ0n) is 10.4. The average molecular weight is 246 g/mol. The van der Waals surface area contributed by atoms with E-state index >= 15 is 0 Å². The molecule has 1 saturated carbocycles. The number of anilines is 1. The molecule has 0 unspecified atom stereocenters. The van der Waals surface area contributed by atoms with Gasteiger partial charge in [-0.2, -0.15) is 0 Å². The van der Waals surface area contributed by atoms with Gasteiger partial charge >= 0.3 is 0 Å². The third-order valence-electron chi connectivity index (χ3n) is 3.93. The minimum Gasteiger partial charge on any atom is -0.482 e. The number of nitrogens with two attached hydrogens (primary N) is 1. The SMILES string of the molecule is NCCC1(CN2C(=O)COc3ccccc32)CC1. The summed E-state index contributed by atoms with van der Waals surface area (Å²) in [4.78, 5) is 13.9. The van der Waals surface area contributed by atoms with Crippen LogP contribution in [0.25, 0.3) is 0 Å². The van der Waals surface area contributed by atoms with Crippen molar-refractivity contribution in [2.75, 3.05) is 24.6 Å². The van der Waals surface area contributed by atoms with Crippen molar-refractivity contribution in [1.82, 2.24) is 0 Å². The Labute approximate surface area is 107 Å². The molecule has 1 aromatic carbocycles. The van der Waals surface area contributed by atoms with Crippen LogP contribution in [-0.2, 0) is 4.79 Å². The second kappa shape index (κ2) is 4.28. The molecule has 1 aromatic rings. The molecule has 3 rings (SSSR count). The molecule has 0 bridgehead atoms. The normalized spacial score (nSPS) is 20.3. The topological polar surface area (TPSA) is 55.6 Å². The summed E-state index contributed by atoms with van der Waals surface area (Å²) in [5.74, 6) is 0.859. The van der Waals surface area contributed by atoms with Gasteiger partial charge in [-0.1, -0.05) is 12.1 Å². The van der Waals surface area contributed by atoms with Crippen molar-refractivity contribution in [3.8, 4) is 5.75 Å². The van der Waals surface area contributed by atoms with E-state index in [1.165, 1.54) is 12.8 Å². The van der Waals surface area contributed by atoms with Crippen LogP contribution in [0.4, 0.5) is 5.69 Å². The van der Waals surface area contributed by atoms with Crippen molar-refractivity contribution in [3.05, 3.63) is 24.3 Å². The summed E-state index contributed by atoms with van der Waals surface area (Å²) in [5.41, 5.74) is 6.82. The van der Waals surface area contributed by atoms with Crippen molar-refractivity contribution in [2.24, 2.45) is 11.1 Å². The summed E-state index contributed by atoms with van der Waals surface area (Å²) in [7, 11) is 0. The van der Waals surface area contributed by atoms with E-state index in [1.807, 2.05) is 29.2 Å². The van der Waals surface area contributed by atoms with Crippen LogP contribution in [0.15, 0.2) is 24.3 Å². The van der Waals surface area contributed by atoms with Gasteiger partial charge < -0.3 is 15.4 Å². The van der Waals surface area contributed by atoms with Crippen molar-refractivity contribution in [3.63, 3.8) is 0 Å². The summed E-state index contributed by atoms with van der Waals surface area (Å²) in [5, 5.41) is 0. The Hall–Kier alpha value is -1.55. The first-order valence-corrected chi connectivity index (χ1v) is 6.46. The molecule has 0 atom stereocenters. The van der Waals surface area contributed by atoms with Gasteiger partial charge in [0.15, 0.2) is 6.61 Å². The first-order valence-electron chi connectivity index (χ1n) is 6.46. The van der Waals surface area contributed by atoms with E-state index in [2.05, 4.69) is 0 Å². The van der Waals surface area contributed by atoms with E-state index in [0.29, 0.717) is 6.54 Å². The Morgan fingerprint density at radius 2 is 2.11 bits per heavy atom. The number of hydrogen-bond donors (Lipinski definition) is 1. The maximum Gasteiger partial charge on any atom is 0.265 e. The fourth-order valence-corrected chi connectivity index (χ4v) is 2.63. The van der Waals surface area contributed by atoms with Crippen LogP contribution in [0, 0.1) is 5.41 Å². The minimum atomic E-state index is 0.0528. The van der Waals surface area contributed by atoms with Gasteiger partial charge in [0.1, 0.15) is 5.75 Å². The number of para-hydroxylation sites is 2. The maximum atomic E-state index is 12.0. The first kappa shape index (κ1) is 11.5. The molecule has 1 heterocycles. The van der Waals surface area contributed by atoms with Crippen molar-refractivity contribution >= 4 is 11.6 Å². The molecule has 18 heavy (non-hydrogen) atoms.